The van der Waals surface area contributed by atoms with E-state index in [9.17, 15) is 4.79 Å². The van der Waals surface area contributed by atoms with Crippen LogP contribution in [0.1, 0.15) is 28.8 Å². The molecule has 1 amide bonds. The SMILES string of the molecule is Cc1cncc(C(=O)N(C)C)c1OC1CC1. The fourth-order valence-corrected chi connectivity index (χ4v) is 1.46. The lowest BCUT2D eigenvalue weighted by Gasteiger charge is -2.15. The van der Waals surface area contributed by atoms with Crippen LogP contribution in [0.2, 0.25) is 0 Å². The van der Waals surface area contributed by atoms with Crippen molar-refractivity contribution in [1.29, 1.82) is 0 Å². The zero-order valence-corrected chi connectivity index (χ0v) is 9.86. The van der Waals surface area contributed by atoms with E-state index in [4.69, 9.17) is 4.74 Å². The van der Waals surface area contributed by atoms with Crippen molar-refractivity contribution in [3.63, 3.8) is 0 Å². The van der Waals surface area contributed by atoms with Crippen LogP contribution in [0.3, 0.4) is 0 Å². The van der Waals surface area contributed by atoms with E-state index in [1.807, 2.05) is 6.92 Å². The topological polar surface area (TPSA) is 42.4 Å². The van der Waals surface area contributed by atoms with Gasteiger partial charge in [0.25, 0.3) is 5.91 Å². The molecule has 0 spiro atoms. The van der Waals surface area contributed by atoms with E-state index >= 15 is 0 Å². The molecule has 1 aliphatic rings. The summed E-state index contributed by atoms with van der Waals surface area (Å²) in [6.45, 7) is 1.91. The Morgan fingerprint density at radius 1 is 1.44 bits per heavy atom. The Balaban J connectivity index is 2.34. The molecular formula is C12H16N2O2. The minimum absolute atomic E-state index is 0.0631. The monoisotopic (exact) mass is 220 g/mol. The highest BCUT2D eigenvalue weighted by molar-refractivity contribution is 5.96. The summed E-state index contributed by atoms with van der Waals surface area (Å²) in [6.07, 6.45) is 5.75. The molecule has 1 heterocycles. The van der Waals surface area contributed by atoms with Crippen molar-refractivity contribution < 1.29 is 9.53 Å². The van der Waals surface area contributed by atoms with Gasteiger partial charge in [-0.05, 0) is 19.8 Å². The number of hydrogen-bond acceptors (Lipinski definition) is 3. The van der Waals surface area contributed by atoms with Gasteiger partial charge in [-0.2, -0.15) is 0 Å². The van der Waals surface area contributed by atoms with Crippen molar-refractivity contribution in [3.05, 3.63) is 23.5 Å². The van der Waals surface area contributed by atoms with Crippen LogP contribution < -0.4 is 4.74 Å². The molecule has 0 aromatic carbocycles. The number of nitrogens with zero attached hydrogens (tertiary/aromatic N) is 2. The molecule has 0 atom stereocenters. The number of amides is 1. The number of rotatable bonds is 3. The van der Waals surface area contributed by atoms with Gasteiger partial charge < -0.3 is 9.64 Å². The van der Waals surface area contributed by atoms with E-state index in [0.717, 1.165) is 18.4 Å². The molecule has 4 nitrogen and oxygen atoms in total. The van der Waals surface area contributed by atoms with Crippen LogP contribution in [-0.2, 0) is 0 Å². The molecule has 0 N–H and O–H groups in total. The Labute approximate surface area is 95.2 Å². The summed E-state index contributed by atoms with van der Waals surface area (Å²) >= 11 is 0. The number of aromatic nitrogens is 1. The van der Waals surface area contributed by atoms with Crippen molar-refractivity contribution in [2.24, 2.45) is 0 Å². The summed E-state index contributed by atoms with van der Waals surface area (Å²) in [6, 6.07) is 0. The molecule has 1 fully saturated rings. The number of pyridine rings is 1. The van der Waals surface area contributed by atoms with Crippen molar-refractivity contribution in [1.82, 2.24) is 9.88 Å². The summed E-state index contributed by atoms with van der Waals surface area (Å²) in [5, 5.41) is 0. The maximum Gasteiger partial charge on any atom is 0.258 e. The molecular weight excluding hydrogens is 204 g/mol. The van der Waals surface area contributed by atoms with E-state index in [-0.39, 0.29) is 12.0 Å². The normalized spacial score (nSPS) is 14.7. The van der Waals surface area contributed by atoms with E-state index in [1.165, 1.54) is 4.90 Å². The summed E-state index contributed by atoms with van der Waals surface area (Å²) < 4.78 is 5.77. The molecule has 86 valence electrons. The van der Waals surface area contributed by atoms with E-state index in [0.29, 0.717) is 11.3 Å². The van der Waals surface area contributed by atoms with Crippen LogP contribution in [-0.4, -0.2) is 36.0 Å². The summed E-state index contributed by atoms with van der Waals surface area (Å²) in [4.78, 5) is 17.5. The predicted molar refractivity (Wildman–Crippen MR) is 60.6 cm³/mol. The third-order valence-corrected chi connectivity index (χ3v) is 2.52. The van der Waals surface area contributed by atoms with Gasteiger partial charge in [0.1, 0.15) is 11.3 Å². The van der Waals surface area contributed by atoms with Crippen LogP contribution in [0, 0.1) is 6.92 Å². The maximum absolute atomic E-state index is 11.9. The number of ether oxygens (including phenoxy) is 1. The molecule has 0 unspecified atom stereocenters. The number of carbonyl (C=O) groups excluding carboxylic acids is 1. The van der Waals surface area contributed by atoms with Gasteiger partial charge in [-0.15, -0.1) is 0 Å². The molecule has 1 aromatic rings. The maximum atomic E-state index is 11.9. The van der Waals surface area contributed by atoms with Gasteiger partial charge in [-0.3, -0.25) is 9.78 Å². The van der Waals surface area contributed by atoms with E-state index in [1.54, 1.807) is 26.5 Å². The highest BCUT2D eigenvalue weighted by Crippen LogP contribution is 2.31. The Kier molecular flexibility index (Phi) is 2.81. The standard InChI is InChI=1S/C12H16N2O2/c1-8-6-13-7-10(12(15)14(2)3)11(8)16-9-4-5-9/h6-7,9H,4-5H2,1-3H3. The Bertz CT molecular complexity index is 411. The van der Waals surface area contributed by atoms with E-state index in [2.05, 4.69) is 4.98 Å². The second kappa shape index (κ2) is 4.12. The van der Waals surface area contributed by atoms with Crippen molar-refractivity contribution in [2.75, 3.05) is 14.1 Å². The second-order valence-corrected chi connectivity index (χ2v) is 4.35. The molecule has 1 saturated carbocycles. The smallest absolute Gasteiger partial charge is 0.258 e. The predicted octanol–water partition coefficient (Wildman–Crippen LogP) is 1.63. The van der Waals surface area contributed by atoms with Gasteiger partial charge in [0.05, 0.1) is 6.10 Å². The van der Waals surface area contributed by atoms with Crippen LogP contribution in [0.25, 0.3) is 0 Å². The van der Waals surface area contributed by atoms with Crippen molar-refractivity contribution >= 4 is 5.91 Å². The largest absolute Gasteiger partial charge is 0.489 e. The van der Waals surface area contributed by atoms with Crippen LogP contribution in [0.4, 0.5) is 0 Å². The molecule has 0 radical (unpaired) electrons. The second-order valence-electron chi connectivity index (χ2n) is 4.35. The summed E-state index contributed by atoms with van der Waals surface area (Å²) in [5.74, 6) is 0.628. The molecule has 2 rings (SSSR count). The first kappa shape index (κ1) is 10.9. The third-order valence-electron chi connectivity index (χ3n) is 2.52. The lowest BCUT2D eigenvalue weighted by atomic mass is 10.1. The third kappa shape index (κ3) is 2.15. The summed E-state index contributed by atoms with van der Waals surface area (Å²) in [5.41, 5.74) is 1.47. The highest BCUT2D eigenvalue weighted by Gasteiger charge is 2.27. The highest BCUT2D eigenvalue weighted by atomic mass is 16.5. The Hall–Kier alpha value is -1.58. The van der Waals surface area contributed by atoms with Crippen LogP contribution in [0.15, 0.2) is 12.4 Å². The van der Waals surface area contributed by atoms with Gasteiger partial charge in [-0.25, -0.2) is 0 Å². The molecule has 1 aliphatic carbocycles. The lowest BCUT2D eigenvalue weighted by molar-refractivity contribution is 0.0822. The number of carbonyl (C=O) groups is 1. The number of hydrogen-bond donors (Lipinski definition) is 0. The first-order valence-electron chi connectivity index (χ1n) is 5.42. The van der Waals surface area contributed by atoms with Crippen molar-refractivity contribution in [2.45, 2.75) is 25.9 Å². The zero-order chi connectivity index (χ0) is 11.7. The van der Waals surface area contributed by atoms with Gasteiger partial charge in [0.2, 0.25) is 0 Å². The Morgan fingerprint density at radius 3 is 2.69 bits per heavy atom. The van der Waals surface area contributed by atoms with Gasteiger partial charge in [0, 0.05) is 32.1 Å². The fraction of sp³-hybridized carbons (Fsp3) is 0.500. The fourth-order valence-electron chi connectivity index (χ4n) is 1.46. The van der Waals surface area contributed by atoms with Crippen molar-refractivity contribution in [3.8, 4) is 5.75 Å². The first-order valence-corrected chi connectivity index (χ1v) is 5.42. The Morgan fingerprint density at radius 2 is 2.12 bits per heavy atom. The lowest BCUT2D eigenvalue weighted by Crippen LogP contribution is -2.23. The number of aryl methyl sites for hydroxylation is 1. The molecule has 0 saturated heterocycles. The van der Waals surface area contributed by atoms with Crippen LogP contribution in [0.5, 0.6) is 5.75 Å². The molecule has 1 aromatic heterocycles. The molecule has 4 heteroatoms. The molecule has 0 aliphatic heterocycles. The van der Waals surface area contributed by atoms with E-state index < -0.39 is 0 Å². The minimum atomic E-state index is -0.0631. The summed E-state index contributed by atoms with van der Waals surface area (Å²) in [7, 11) is 3.46. The molecule has 0 bridgehead atoms. The minimum Gasteiger partial charge on any atom is -0.489 e. The zero-order valence-electron chi connectivity index (χ0n) is 9.86. The average Bonchev–Trinajstić information content (AvgIpc) is 3.03. The van der Waals surface area contributed by atoms with Crippen LogP contribution >= 0.6 is 0 Å². The molecule has 16 heavy (non-hydrogen) atoms. The first-order chi connectivity index (χ1) is 7.59. The van der Waals surface area contributed by atoms with Gasteiger partial charge in [0.15, 0.2) is 0 Å². The van der Waals surface area contributed by atoms with Gasteiger partial charge >= 0.3 is 0 Å². The quantitative estimate of drug-likeness (QED) is 0.777. The van der Waals surface area contributed by atoms with Gasteiger partial charge in [-0.1, -0.05) is 0 Å². The average molecular weight is 220 g/mol.